The molecule has 0 radical (unpaired) electrons. The Labute approximate surface area is 122 Å². The van der Waals surface area contributed by atoms with Crippen LogP contribution in [0.3, 0.4) is 0 Å². The molecule has 0 aliphatic rings. The molecular weight excluding hydrogens is 266 g/mol. The molecule has 2 heterocycles. The van der Waals surface area contributed by atoms with Gasteiger partial charge in [-0.1, -0.05) is 12.1 Å². The number of hydrogen-bond acceptors (Lipinski definition) is 5. The summed E-state index contributed by atoms with van der Waals surface area (Å²) in [5.74, 6) is 1.58. The lowest BCUT2D eigenvalue weighted by Crippen LogP contribution is -2.19. The molecule has 0 saturated heterocycles. The Morgan fingerprint density at radius 1 is 1.19 bits per heavy atom. The summed E-state index contributed by atoms with van der Waals surface area (Å²) in [6.07, 6.45) is 5.25. The zero-order valence-corrected chi connectivity index (χ0v) is 11.6. The standard InChI is InChI=1S/C15H15N5O/c1-19(11-12-4-2-5-13(21)10-12)15-16-8-6-14(18-15)20-9-3-7-17-20/h2-10,21H,11H2,1H3. The molecule has 0 atom stereocenters. The molecule has 0 amide bonds. The minimum atomic E-state index is 0.257. The van der Waals surface area contributed by atoms with Gasteiger partial charge in [0.2, 0.25) is 5.95 Å². The molecule has 0 aliphatic heterocycles. The van der Waals surface area contributed by atoms with Crippen molar-refractivity contribution in [3.63, 3.8) is 0 Å². The van der Waals surface area contributed by atoms with Crippen LogP contribution in [0.25, 0.3) is 5.82 Å². The molecule has 6 nitrogen and oxygen atoms in total. The third kappa shape index (κ3) is 3.00. The second-order valence-corrected chi connectivity index (χ2v) is 4.69. The minimum absolute atomic E-state index is 0.257. The highest BCUT2D eigenvalue weighted by atomic mass is 16.3. The van der Waals surface area contributed by atoms with Crippen molar-refractivity contribution >= 4 is 5.95 Å². The maximum atomic E-state index is 9.50. The first-order valence-corrected chi connectivity index (χ1v) is 6.54. The van der Waals surface area contributed by atoms with Gasteiger partial charge in [-0.05, 0) is 23.8 Å². The normalized spacial score (nSPS) is 10.5. The van der Waals surface area contributed by atoms with E-state index in [1.165, 1.54) is 0 Å². The van der Waals surface area contributed by atoms with Crippen molar-refractivity contribution in [3.05, 3.63) is 60.6 Å². The summed E-state index contributed by atoms with van der Waals surface area (Å²) < 4.78 is 1.69. The number of phenolic OH excluding ortho intramolecular Hbond substituents is 1. The molecule has 1 N–H and O–H groups in total. The summed E-state index contributed by atoms with van der Waals surface area (Å²) in [4.78, 5) is 10.7. The Hall–Kier alpha value is -2.89. The largest absolute Gasteiger partial charge is 0.508 e. The lowest BCUT2D eigenvalue weighted by Gasteiger charge is -2.17. The Balaban J connectivity index is 1.81. The Morgan fingerprint density at radius 3 is 2.86 bits per heavy atom. The van der Waals surface area contributed by atoms with E-state index in [9.17, 15) is 5.11 Å². The minimum Gasteiger partial charge on any atom is -0.508 e. The van der Waals surface area contributed by atoms with Crippen LogP contribution in [0.5, 0.6) is 5.75 Å². The van der Waals surface area contributed by atoms with Crippen LogP contribution in [0.1, 0.15) is 5.56 Å². The highest BCUT2D eigenvalue weighted by Gasteiger charge is 2.07. The first kappa shape index (κ1) is 13.1. The monoisotopic (exact) mass is 281 g/mol. The fraction of sp³-hybridized carbons (Fsp3) is 0.133. The second kappa shape index (κ2) is 5.62. The molecule has 0 aliphatic carbocycles. The summed E-state index contributed by atoms with van der Waals surface area (Å²) in [6, 6.07) is 10.8. The third-order valence-electron chi connectivity index (χ3n) is 3.04. The highest BCUT2D eigenvalue weighted by molar-refractivity contribution is 5.36. The van der Waals surface area contributed by atoms with Crippen molar-refractivity contribution in [3.8, 4) is 11.6 Å². The van der Waals surface area contributed by atoms with E-state index in [4.69, 9.17) is 0 Å². The van der Waals surface area contributed by atoms with Crippen LogP contribution in [0.15, 0.2) is 55.0 Å². The number of phenols is 1. The SMILES string of the molecule is CN(Cc1cccc(O)c1)c1nccc(-n2cccn2)n1. The van der Waals surface area contributed by atoms with Crippen LogP contribution in [0, 0.1) is 0 Å². The summed E-state index contributed by atoms with van der Waals surface area (Å²) in [5.41, 5.74) is 0.991. The van der Waals surface area contributed by atoms with Gasteiger partial charge in [-0.25, -0.2) is 9.67 Å². The van der Waals surface area contributed by atoms with Crippen LogP contribution in [-0.4, -0.2) is 31.9 Å². The highest BCUT2D eigenvalue weighted by Crippen LogP contribution is 2.15. The molecule has 3 aromatic rings. The average Bonchev–Trinajstić information content (AvgIpc) is 3.02. The van der Waals surface area contributed by atoms with E-state index in [1.807, 2.05) is 36.3 Å². The van der Waals surface area contributed by atoms with Crippen molar-refractivity contribution in [1.82, 2.24) is 19.7 Å². The Kier molecular flexibility index (Phi) is 3.51. The van der Waals surface area contributed by atoms with Crippen molar-refractivity contribution in [2.45, 2.75) is 6.54 Å². The zero-order valence-electron chi connectivity index (χ0n) is 11.6. The smallest absolute Gasteiger partial charge is 0.227 e. The molecule has 106 valence electrons. The summed E-state index contributed by atoms with van der Waals surface area (Å²) >= 11 is 0. The van der Waals surface area contributed by atoms with Crippen LogP contribution in [-0.2, 0) is 6.54 Å². The number of rotatable bonds is 4. The first-order valence-electron chi connectivity index (χ1n) is 6.54. The molecular formula is C15H15N5O. The van der Waals surface area contributed by atoms with Gasteiger partial charge in [0.25, 0.3) is 0 Å². The van der Waals surface area contributed by atoms with Crippen LogP contribution in [0.2, 0.25) is 0 Å². The average molecular weight is 281 g/mol. The predicted octanol–water partition coefficient (Wildman–Crippen LogP) is 2.00. The van der Waals surface area contributed by atoms with E-state index in [2.05, 4.69) is 15.1 Å². The number of aromatic hydroxyl groups is 1. The number of nitrogens with zero attached hydrogens (tertiary/aromatic N) is 5. The molecule has 0 spiro atoms. The van der Waals surface area contributed by atoms with Gasteiger partial charge in [0.05, 0.1) is 0 Å². The molecule has 21 heavy (non-hydrogen) atoms. The lowest BCUT2D eigenvalue weighted by molar-refractivity contribution is 0.474. The van der Waals surface area contributed by atoms with E-state index in [-0.39, 0.29) is 5.75 Å². The topological polar surface area (TPSA) is 67.1 Å². The molecule has 0 bridgehead atoms. The molecule has 2 aromatic heterocycles. The van der Waals surface area contributed by atoms with E-state index in [0.29, 0.717) is 18.3 Å². The van der Waals surface area contributed by atoms with Gasteiger partial charge in [0, 0.05) is 38.2 Å². The Morgan fingerprint density at radius 2 is 2.10 bits per heavy atom. The molecule has 0 saturated carbocycles. The summed E-state index contributed by atoms with van der Waals surface area (Å²) in [6.45, 7) is 0.608. The van der Waals surface area contributed by atoms with Gasteiger partial charge in [-0.15, -0.1) is 0 Å². The van der Waals surface area contributed by atoms with Crippen LogP contribution < -0.4 is 4.90 Å². The maximum Gasteiger partial charge on any atom is 0.227 e. The third-order valence-corrected chi connectivity index (χ3v) is 3.04. The number of hydrogen-bond donors (Lipinski definition) is 1. The molecule has 6 heteroatoms. The summed E-state index contributed by atoms with van der Waals surface area (Å²) in [7, 11) is 1.91. The van der Waals surface area contributed by atoms with Gasteiger partial charge in [-0.2, -0.15) is 10.1 Å². The fourth-order valence-corrected chi connectivity index (χ4v) is 2.05. The predicted molar refractivity (Wildman–Crippen MR) is 79.4 cm³/mol. The van der Waals surface area contributed by atoms with E-state index >= 15 is 0 Å². The maximum absolute atomic E-state index is 9.50. The lowest BCUT2D eigenvalue weighted by atomic mass is 10.2. The number of benzene rings is 1. The quantitative estimate of drug-likeness (QED) is 0.792. The number of aromatic nitrogens is 4. The van der Waals surface area contributed by atoms with Gasteiger partial charge in [0.1, 0.15) is 5.75 Å². The zero-order chi connectivity index (χ0) is 14.7. The van der Waals surface area contributed by atoms with E-state index in [1.54, 1.807) is 35.3 Å². The second-order valence-electron chi connectivity index (χ2n) is 4.69. The van der Waals surface area contributed by atoms with Gasteiger partial charge in [0.15, 0.2) is 5.82 Å². The van der Waals surface area contributed by atoms with Gasteiger partial charge in [-0.3, -0.25) is 0 Å². The van der Waals surface area contributed by atoms with Gasteiger partial charge < -0.3 is 10.0 Å². The van der Waals surface area contributed by atoms with Gasteiger partial charge >= 0.3 is 0 Å². The van der Waals surface area contributed by atoms with Crippen molar-refractivity contribution < 1.29 is 5.11 Å². The first-order chi connectivity index (χ1) is 10.2. The Bertz CT molecular complexity index is 726. The molecule has 0 fully saturated rings. The van der Waals surface area contributed by atoms with Crippen molar-refractivity contribution in [1.29, 1.82) is 0 Å². The fourth-order valence-electron chi connectivity index (χ4n) is 2.05. The molecule has 0 unspecified atom stereocenters. The van der Waals surface area contributed by atoms with E-state index in [0.717, 1.165) is 5.56 Å². The molecule has 3 rings (SSSR count). The van der Waals surface area contributed by atoms with Crippen LogP contribution >= 0.6 is 0 Å². The molecule has 1 aromatic carbocycles. The van der Waals surface area contributed by atoms with Crippen molar-refractivity contribution in [2.24, 2.45) is 0 Å². The van der Waals surface area contributed by atoms with Crippen LogP contribution in [0.4, 0.5) is 5.95 Å². The van der Waals surface area contributed by atoms with Crippen molar-refractivity contribution in [2.75, 3.05) is 11.9 Å². The summed E-state index contributed by atoms with van der Waals surface area (Å²) in [5, 5.41) is 13.7. The van der Waals surface area contributed by atoms with E-state index < -0.39 is 0 Å². The number of anilines is 1.